The van der Waals surface area contributed by atoms with Crippen molar-refractivity contribution < 1.29 is 8.42 Å². The van der Waals surface area contributed by atoms with Crippen LogP contribution in [0.25, 0.3) is 0 Å². The molecular weight excluding hydrogens is 266 g/mol. The minimum absolute atomic E-state index is 0.393. The third-order valence-corrected chi connectivity index (χ3v) is 4.77. The van der Waals surface area contributed by atoms with Crippen molar-refractivity contribution in [2.45, 2.75) is 51.3 Å². The molecule has 14 heavy (non-hydrogen) atoms. The second-order valence-corrected chi connectivity index (χ2v) is 8.27. The molecule has 0 aliphatic heterocycles. The summed E-state index contributed by atoms with van der Waals surface area (Å²) in [6.07, 6.45) is 0.766. The molecule has 0 heterocycles. The fourth-order valence-corrected chi connectivity index (χ4v) is 2.93. The van der Waals surface area contributed by atoms with Crippen molar-refractivity contribution in [3.05, 3.63) is 0 Å². The SMILES string of the molecule is CC(C)(CCBr)NS(=O)(=O)C(C)(C)C. The molecule has 0 aromatic carbocycles. The van der Waals surface area contributed by atoms with E-state index in [9.17, 15) is 8.42 Å². The molecule has 0 saturated carbocycles. The first-order valence-corrected chi connectivity index (χ1v) is 7.22. The van der Waals surface area contributed by atoms with E-state index in [1.807, 2.05) is 13.8 Å². The van der Waals surface area contributed by atoms with E-state index in [1.165, 1.54) is 0 Å². The van der Waals surface area contributed by atoms with Crippen LogP contribution in [0.2, 0.25) is 0 Å². The third kappa shape index (κ3) is 4.28. The first-order valence-electron chi connectivity index (χ1n) is 4.61. The molecule has 3 nitrogen and oxygen atoms in total. The van der Waals surface area contributed by atoms with Crippen LogP contribution in [0.5, 0.6) is 0 Å². The zero-order valence-electron chi connectivity index (χ0n) is 9.52. The highest BCUT2D eigenvalue weighted by atomic mass is 79.9. The highest BCUT2D eigenvalue weighted by Crippen LogP contribution is 2.19. The Hall–Kier alpha value is 0.390. The van der Waals surface area contributed by atoms with Crippen LogP contribution in [0.1, 0.15) is 41.0 Å². The van der Waals surface area contributed by atoms with Gasteiger partial charge in [-0.25, -0.2) is 13.1 Å². The minimum atomic E-state index is -3.25. The average Bonchev–Trinajstić information content (AvgIpc) is 1.80. The lowest BCUT2D eigenvalue weighted by molar-refractivity contribution is 0.433. The summed E-state index contributed by atoms with van der Waals surface area (Å²) in [6.45, 7) is 8.85. The van der Waals surface area contributed by atoms with Gasteiger partial charge in [0.05, 0.1) is 4.75 Å². The topological polar surface area (TPSA) is 46.2 Å². The van der Waals surface area contributed by atoms with Gasteiger partial charge in [0.1, 0.15) is 0 Å². The summed E-state index contributed by atoms with van der Waals surface area (Å²) in [4.78, 5) is 0. The average molecular weight is 286 g/mol. The maximum absolute atomic E-state index is 11.8. The fourth-order valence-electron chi connectivity index (χ4n) is 0.804. The number of rotatable bonds is 4. The van der Waals surface area contributed by atoms with Crippen LogP contribution >= 0.6 is 15.9 Å². The number of hydrogen-bond donors (Lipinski definition) is 1. The molecule has 0 unspecified atom stereocenters. The van der Waals surface area contributed by atoms with Crippen LogP contribution in [-0.4, -0.2) is 24.0 Å². The summed E-state index contributed by atoms with van der Waals surface area (Å²) >= 11 is 3.31. The maximum Gasteiger partial charge on any atom is 0.217 e. The van der Waals surface area contributed by atoms with E-state index in [0.717, 1.165) is 11.8 Å². The van der Waals surface area contributed by atoms with Crippen molar-refractivity contribution in [3.8, 4) is 0 Å². The van der Waals surface area contributed by atoms with E-state index in [-0.39, 0.29) is 0 Å². The molecule has 0 aromatic rings. The quantitative estimate of drug-likeness (QED) is 0.806. The van der Waals surface area contributed by atoms with Crippen molar-refractivity contribution in [1.82, 2.24) is 4.72 Å². The molecule has 0 rings (SSSR count). The molecule has 0 aromatic heterocycles. The van der Waals surface area contributed by atoms with Gasteiger partial charge in [-0.3, -0.25) is 0 Å². The summed E-state index contributed by atoms with van der Waals surface area (Å²) in [5, 5.41) is 0.784. The smallest absolute Gasteiger partial charge is 0.212 e. The van der Waals surface area contributed by atoms with Gasteiger partial charge in [0.25, 0.3) is 0 Å². The van der Waals surface area contributed by atoms with Crippen LogP contribution in [0, 0.1) is 0 Å². The number of halogens is 1. The van der Waals surface area contributed by atoms with Gasteiger partial charge in [-0.2, -0.15) is 0 Å². The largest absolute Gasteiger partial charge is 0.217 e. The summed E-state index contributed by atoms with van der Waals surface area (Å²) in [6, 6.07) is 0. The van der Waals surface area contributed by atoms with Crippen molar-refractivity contribution in [3.63, 3.8) is 0 Å². The Bertz CT molecular complexity index is 278. The lowest BCUT2D eigenvalue weighted by atomic mass is 10.0. The number of hydrogen-bond acceptors (Lipinski definition) is 2. The van der Waals surface area contributed by atoms with Gasteiger partial charge in [-0.05, 0) is 41.0 Å². The van der Waals surface area contributed by atoms with Crippen molar-refractivity contribution in [2.24, 2.45) is 0 Å². The second-order valence-electron chi connectivity index (χ2n) is 5.04. The van der Waals surface area contributed by atoms with E-state index in [4.69, 9.17) is 0 Å². The number of nitrogens with one attached hydrogen (secondary N) is 1. The van der Waals surface area contributed by atoms with Crippen LogP contribution in [0.3, 0.4) is 0 Å². The zero-order chi connectivity index (χ0) is 11.6. The summed E-state index contributed by atoms with van der Waals surface area (Å²) in [5.41, 5.74) is -0.393. The third-order valence-electron chi connectivity index (χ3n) is 1.94. The van der Waals surface area contributed by atoms with Gasteiger partial charge in [-0.1, -0.05) is 15.9 Å². The van der Waals surface area contributed by atoms with Crippen molar-refractivity contribution in [2.75, 3.05) is 5.33 Å². The van der Waals surface area contributed by atoms with Gasteiger partial charge in [0.15, 0.2) is 0 Å². The number of alkyl halides is 1. The van der Waals surface area contributed by atoms with Crippen LogP contribution in [0.4, 0.5) is 0 Å². The monoisotopic (exact) mass is 285 g/mol. The predicted molar refractivity (Wildman–Crippen MR) is 64.3 cm³/mol. The molecule has 0 aliphatic carbocycles. The van der Waals surface area contributed by atoms with Gasteiger partial charge in [-0.15, -0.1) is 0 Å². The predicted octanol–water partition coefficient (Wildman–Crippen LogP) is 2.27. The fraction of sp³-hybridized carbons (Fsp3) is 1.00. The van der Waals surface area contributed by atoms with E-state index in [1.54, 1.807) is 20.8 Å². The molecule has 0 fully saturated rings. The lowest BCUT2D eigenvalue weighted by Crippen LogP contribution is -2.50. The molecule has 0 saturated heterocycles. The Morgan fingerprint density at radius 1 is 1.14 bits per heavy atom. The Morgan fingerprint density at radius 3 is 1.86 bits per heavy atom. The molecule has 0 spiro atoms. The Labute approximate surface area is 95.8 Å². The van der Waals surface area contributed by atoms with Crippen LogP contribution in [-0.2, 0) is 10.0 Å². The van der Waals surface area contributed by atoms with Gasteiger partial charge >= 0.3 is 0 Å². The van der Waals surface area contributed by atoms with E-state index < -0.39 is 20.3 Å². The van der Waals surface area contributed by atoms with Gasteiger partial charge in [0.2, 0.25) is 10.0 Å². The zero-order valence-corrected chi connectivity index (χ0v) is 11.9. The summed E-state index contributed by atoms with van der Waals surface area (Å²) in [7, 11) is -3.25. The molecule has 0 atom stereocenters. The van der Waals surface area contributed by atoms with Gasteiger partial charge < -0.3 is 0 Å². The summed E-state index contributed by atoms with van der Waals surface area (Å²) < 4.78 is 25.6. The van der Waals surface area contributed by atoms with Crippen molar-refractivity contribution >= 4 is 26.0 Å². The normalized spacial score (nSPS) is 14.4. The molecule has 0 amide bonds. The summed E-state index contributed by atoms with van der Waals surface area (Å²) in [5.74, 6) is 0. The van der Waals surface area contributed by atoms with Crippen LogP contribution in [0.15, 0.2) is 0 Å². The second kappa shape index (κ2) is 4.49. The standard InChI is InChI=1S/C9H20BrNO2S/c1-8(2,3)14(12,13)11-9(4,5)6-7-10/h11H,6-7H2,1-5H3. The minimum Gasteiger partial charge on any atom is -0.212 e. The van der Waals surface area contributed by atoms with E-state index in [2.05, 4.69) is 20.7 Å². The highest BCUT2D eigenvalue weighted by molar-refractivity contribution is 9.09. The Morgan fingerprint density at radius 2 is 1.57 bits per heavy atom. The highest BCUT2D eigenvalue weighted by Gasteiger charge is 2.33. The lowest BCUT2D eigenvalue weighted by Gasteiger charge is -2.30. The van der Waals surface area contributed by atoms with Crippen molar-refractivity contribution in [1.29, 1.82) is 0 Å². The van der Waals surface area contributed by atoms with Crippen LogP contribution < -0.4 is 4.72 Å². The molecular formula is C9H20BrNO2S. The molecule has 5 heteroatoms. The molecule has 0 bridgehead atoms. The Kier molecular flexibility index (Phi) is 4.62. The molecule has 0 radical (unpaired) electrons. The Balaban J connectivity index is 4.69. The molecule has 1 N–H and O–H groups in total. The molecule has 0 aliphatic rings. The van der Waals surface area contributed by atoms with E-state index in [0.29, 0.717) is 0 Å². The first-order chi connectivity index (χ1) is 6.02. The van der Waals surface area contributed by atoms with E-state index >= 15 is 0 Å². The maximum atomic E-state index is 11.8. The first kappa shape index (κ1) is 14.4. The van der Waals surface area contributed by atoms with Gasteiger partial charge in [0, 0.05) is 10.9 Å². The number of sulfonamides is 1. The molecule has 86 valence electrons.